The minimum Gasteiger partial charge on any atom is -0.346 e. The number of amides is 1. The molecule has 9 nitrogen and oxygen atoms in total. The third-order valence-electron chi connectivity index (χ3n) is 7.63. The molecule has 10 heteroatoms. The molecule has 1 saturated carbocycles. The second-order valence-electron chi connectivity index (χ2n) is 9.76. The number of carbonyl (C=O) groups excluding carboxylic acids is 1. The minimum absolute atomic E-state index is 0.0711. The highest BCUT2D eigenvalue weighted by Crippen LogP contribution is 2.35. The highest BCUT2D eigenvalue weighted by molar-refractivity contribution is 7.92. The summed E-state index contributed by atoms with van der Waals surface area (Å²) in [7, 11) is -3.63. The van der Waals surface area contributed by atoms with Crippen molar-refractivity contribution < 1.29 is 18.4 Å². The van der Waals surface area contributed by atoms with Crippen LogP contribution in [0.3, 0.4) is 0 Å². The fourth-order valence-electron chi connectivity index (χ4n) is 5.56. The van der Waals surface area contributed by atoms with Crippen molar-refractivity contribution in [2.75, 3.05) is 19.6 Å². The first-order valence-corrected chi connectivity index (χ1v) is 14.0. The molecule has 1 amide bonds. The zero-order valence-corrected chi connectivity index (χ0v) is 20.6. The van der Waals surface area contributed by atoms with Crippen molar-refractivity contribution in [3.05, 3.63) is 41.4 Å². The largest absolute Gasteiger partial charge is 0.346 e. The van der Waals surface area contributed by atoms with Gasteiger partial charge in [-0.05, 0) is 49.5 Å². The lowest BCUT2D eigenvalue weighted by Gasteiger charge is -2.34. The molecule has 188 valence electrons. The van der Waals surface area contributed by atoms with E-state index in [2.05, 4.69) is 10.8 Å². The molecule has 2 fully saturated rings. The van der Waals surface area contributed by atoms with Crippen molar-refractivity contribution in [3.63, 3.8) is 0 Å². The lowest BCUT2D eigenvalue weighted by Crippen LogP contribution is -2.50. The molecule has 0 unspecified atom stereocenters. The van der Waals surface area contributed by atoms with Crippen molar-refractivity contribution in [1.82, 2.24) is 19.7 Å². The van der Waals surface area contributed by atoms with Gasteiger partial charge in [0.1, 0.15) is 11.4 Å². The van der Waals surface area contributed by atoms with Crippen LogP contribution >= 0.6 is 0 Å². The average Bonchev–Trinajstić information content (AvgIpc) is 3.43. The maximum Gasteiger partial charge on any atom is 0.253 e. The molecular formula is C25H33N5O4S. The van der Waals surface area contributed by atoms with E-state index in [9.17, 15) is 13.2 Å². The summed E-state index contributed by atoms with van der Waals surface area (Å²) < 4.78 is 29.7. The summed E-state index contributed by atoms with van der Waals surface area (Å²) in [6.07, 6.45) is 10.1. The number of aliphatic imine (C=N–C) groups is 1. The number of hydrogen-bond donors (Lipinski definition) is 3. The molecular weight excluding hydrogens is 466 g/mol. The fraction of sp³-hybridized carbons (Fsp3) is 0.520. The van der Waals surface area contributed by atoms with E-state index in [4.69, 9.17) is 10.2 Å². The molecule has 1 spiro atoms. The molecule has 3 N–H and O–H groups in total. The van der Waals surface area contributed by atoms with Gasteiger partial charge in [0, 0.05) is 54.6 Å². The quantitative estimate of drug-likeness (QED) is 0.507. The van der Waals surface area contributed by atoms with Gasteiger partial charge in [0.2, 0.25) is 10.0 Å². The number of aromatic nitrogens is 1. The number of nitrogens with one attached hydrogen (secondary N) is 2. The molecule has 0 atom stereocenters. The van der Waals surface area contributed by atoms with E-state index in [0.717, 1.165) is 35.1 Å². The molecule has 1 saturated heterocycles. The van der Waals surface area contributed by atoms with Crippen LogP contribution in [0, 0.1) is 5.92 Å². The van der Waals surface area contributed by atoms with Gasteiger partial charge in [0.15, 0.2) is 0 Å². The molecule has 1 aromatic carbocycles. The number of carbonyl (C=O) groups is 1. The molecule has 1 aromatic heterocycles. The van der Waals surface area contributed by atoms with E-state index in [-0.39, 0.29) is 19.0 Å². The Balaban J connectivity index is 1.28. The highest BCUT2D eigenvalue weighted by atomic mass is 32.2. The Hall–Kier alpha value is -2.53. The van der Waals surface area contributed by atoms with Crippen LogP contribution < -0.4 is 10.8 Å². The Bertz CT molecular complexity index is 1250. The molecule has 2 aromatic rings. The van der Waals surface area contributed by atoms with Crippen molar-refractivity contribution >= 4 is 38.7 Å². The standard InChI is InChI=1S/C25H33N5O4S/c31-24-25(28-23(27-24)20-5-2-1-3-6-20)11-15-30(16-12-25)35(33,34)18-10-19-7-4-8-22-21(19)9-14-29(22)17-13-26-32/h4,7-10,14,18,20,26,32H,1-3,5-6,11-13,15-17H2,(H,27,28,31)/b18-10+. The summed E-state index contributed by atoms with van der Waals surface area (Å²) in [5.74, 6) is 1.08. The van der Waals surface area contributed by atoms with Gasteiger partial charge >= 0.3 is 0 Å². The molecule has 3 heterocycles. The lowest BCUT2D eigenvalue weighted by atomic mass is 9.88. The van der Waals surface area contributed by atoms with Crippen molar-refractivity contribution in [1.29, 1.82) is 0 Å². The molecule has 5 rings (SSSR count). The summed E-state index contributed by atoms with van der Waals surface area (Å²) in [4.78, 5) is 17.7. The fourth-order valence-corrected chi connectivity index (χ4v) is 6.75. The van der Waals surface area contributed by atoms with Gasteiger partial charge < -0.3 is 15.1 Å². The maximum atomic E-state index is 13.1. The van der Waals surface area contributed by atoms with Gasteiger partial charge in [-0.15, -0.1) is 0 Å². The van der Waals surface area contributed by atoms with Crippen LogP contribution in [0.2, 0.25) is 0 Å². The number of nitrogens with zero attached hydrogens (tertiary/aromatic N) is 3. The topological polar surface area (TPSA) is 116 Å². The van der Waals surface area contributed by atoms with Gasteiger partial charge in [0.25, 0.3) is 5.91 Å². The van der Waals surface area contributed by atoms with Gasteiger partial charge in [0.05, 0.1) is 0 Å². The van der Waals surface area contributed by atoms with Crippen LogP contribution in [0.5, 0.6) is 0 Å². The third-order valence-corrected chi connectivity index (χ3v) is 9.20. The van der Waals surface area contributed by atoms with Crippen molar-refractivity contribution in [2.24, 2.45) is 10.9 Å². The first-order valence-electron chi connectivity index (χ1n) is 12.5. The van der Waals surface area contributed by atoms with Crippen LogP contribution in [0.4, 0.5) is 0 Å². The normalized spacial score (nSPS) is 21.7. The van der Waals surface area contributed by atoms with Crippen molar-refractivity contribution in [3.8, 4) is 0 Å². The van der Waals surface area contributed by atoms with E-state index in [1.165, 1.54) is 29.0 Å². The number of amidine groups is 1. The Morgan fingerprint density at radius 1 is 1.17 bits per heavy atom. The summed E-state index contributed by atoms with van der Waals surface area (Å²) in [6, 6.07) is 7.70. The predicted octanol–water partition coefficient (Wildman–Crippen LogP) is 2.86. The van der Waals surface area contributed by atoms with Crippen LogP contribution in [-0.4, -0.2) is 59.4 Å². The highest BCUT2D eigenvalue weighted by Gasteiger charge is 2.48. The molecule has 0 radical (unpaired) electrons. The van der Waals surface area contributed by atoms with Crippen LogP contribution in [0.15, 0.2) is 40.9 Å². The number of rotatable bonds is 7. The Kier molecular flexibility index (Phi) is 6.80. The molecule has 2 aliphatic heterocycles. The van der Waals surface area contributed by atoms with Gasteiger partial charge in [-0.2, -0.15) is 4.31 Å². The van der Waals surface area contributed by atoms with Gasteiger partial charge in [-0.25, -0.2) is 13.9 Å². The zero-order chi connectivity index (χ0) is 24.5. The van der Waals surface area contributed by atoms with E-state index < -0.39 is 15.6 Å². The van der Waals surface area contributed by atoms with Crippen LogP contribution in [0.25, 0.3) is 17.0 Å². The Labute approximate surface area is 205 Å². The molecule has 1 aliphatic carbocycles. The van der Waals surface area contributed by atoms with E-state index in [1.807, 2.05) is 35.0 Å². The summed E-state index contributed by atoms with van der Waals surface area (Å²) in [5, 5.41) is 14.1. The van der Waals surface area contributed by atoms with E-state index in [1.54, 1.807) is 6.08 Å². The summed E-state index contributed by atoms with van der Waals surface area (Å²) >= 11 is 0. The number of sulfonamides is 1. The smallest absolute Gasteiger partial charge is 0.253 e. The number of fused-ring (bicyclic) bond motifs is 1. The number of piperidine rings is 1. The minimum atomic E-state index is -3.63. The predicted molar refractivity (Wildman–Crippen MR) is 135 cm³/mol. The Morgan fingerprint density at radius 2 is 1.94 bits per heavy atom. The third kappa shape index (κ3) is 4.80. The van der Waals surface area contributed by atoms with E-state index >= 15 is 0 Å². The molecule has 3 aliphatic rings. The monoisotopic (exact) mass is 499 g/mol. The molecule has 0 bridgehead atoms. The average molecular weight is 500 g/mol. The number of benzene rings is 1. The second kappa shape index (κ2) is 9.85. The zero-order valence-electron chi connectivity index (χ0n) is 19.8. The Morgan fingerprint density at radius 3 is 2.69 bits per heavy atom. The number of hydroxylamine groups is 1. The van der Waals surface area contributed by atoms with Crippen molar-refractivity contribution in [2.45, 2.75) is 57.0 Å². The second-order valence-corrected chi connectivity index (χ2v) is 11.6. The summed E-state index contributed by atoms with van der Waals surface area (Å²) in [5.41, 5.74) is 3.12. The van der Waals surface area contributed by atoms with Gasteiger partial charge in [-0.3, -0.25) is 9.79 Å². The lowest BCUT2D eigenvalue weighted by molar-refractivity contribution is -0.124. The number of hydrogen-bond acceptors (Lipinski definition) is 6. The van der Waals surface area contributed by atoms with E-state index in [0.29, 0.717) is 31.8 Å². The summed E-state index contributed by atoms with van der Waals surface area (Å²) in [6.45, 7) is 1.56. The maximum absolute atomic E-state index is 13.1. The SMILES string of the molecule is O=C1NC(C2CCCCC2)=NC12CCN(S(=O)(=O)/C=C/c1cccc3c1ccn3CCNO)CC2. The molecule has 35 heavy (non-hydrogen) atoms. The first-order chi connectivity index (χ1) is 16.9. The van der Waals surface area contributed by atoms with Gasteiger partial charge in [-0.1, -0.05) is 31.4 Å². The first kappa shape index (κ1) is 24.2. The van der Waals surface area contributed by atoms with Crippen LogP contribution in [0.1, 0.15) is 50.5 Å². The van der Waals surface area contributed by atoms with Crippen LogP contribution in [-0.2, 0) is 21.4 Å².